The van der Waals surface area contributed by atoms with E-state index in [0.717, 1.165) is 0 Å². The molecule has 1 unspecified atom stereocenters. The lowest BCUT2D eigenvalue weighted by molar-refractivity contribution is -0.142. The molecular weight excluding hydrogens is 217 g/mol. The Morgan fingerprint density at radius 3 is 2.18 bits per heavy atom. The normalized spacial score (nSPS) is 12.8. The van der Waals surface area contributed by atoms with Crippen LogP contribution in [0.5, 0.6) is 0 Å². The molecule has 0 aromatic carbocycles. The zero-order chi connectivity index (χ0) is 9.02. The Balaban J connectivity index is 3.85. The molecular formula is C5H4Cl3FO2. The third-order valence-corrected chi connectivity index (χ3v) is 1.70. The second kappa shape index (κ2) is 4.80. The van der Waals surface area contributed by atoms with Crippen molar-refractivity contribution in [2.45, 2.75) is 10.4 Å². The minimum Gasteiger partial charge on any atom is -0.438 e. The van der Waals surface area contributed by atoms with E-state index < -0.39 is 22.2 Å². The van der Waals surface area contributed by atoms with Gasteiger partial charge < -0.3 is 4.74 Å². The van der Waals surface area contributed by atoms with Gasteiger partial charge in [-0.05, 0) is 0 Å². The molecule has 0 radical (unpaired) electrons. The van der Waals surface area contributed by atoms with Gasteiger partial charge in [0.2, 0.25) is 11.4 Å². The van der Waals surface area contributed by atoms with Crippen molar-refractivity contribution >= 4 is 40.8 Å². The van der Waals surface area contributed by atoms with Crippen LogP contribution in [0.25, 0.3) is 0 Å². The molecule has 0 N–H and O–H groups in total. The van der Waals surface area contributed by atoms with Gasteiger partial charge in [0.15, 0.2) is 4.84 Å². The van der Waals surface area contributed by atoms with Crippen molar-refractivity contribution in [3.8, 4) is 0 Å². The van der Waals surface area contributed by atoms with Gasteiger partial charge in [-0.3, -0.25) is 0 Å². The molecule has 0 aliphatic heterocycles. The van der Waals surface area contributed by atoms with Gasteiger partial charge in [0.1, 0.15) is 0 Å². The summed E-state index contributed by atoms with van der Waals surface area (Å²) in [5.74, 6) is -2.51. The average Bonchev–Trinajstić information content (AvgIpc) is 1.87. The molecule has 0 amide bonds. The molecule has 6 heteroatoms. The summed E-state index contributed by atoms with van der Waals surface area (Å²) in [6, 6.07) is 0. The maximum absolute atomic E-state index is 11.9. The Morgan fingerprint density at radius 1 is 1.45 bits per heavy atom. The largest absolute Gasteiger partial charge is 0.438 e. The van der Waals surface area contributed by atoms with Crippen LogP contribution < -0.4 is 0 Å². The highest BCUT2D eigenvalue weighted by Gasteiger charge is 2.19. The highest BCUT2D eigenvalue weighted by Crippen LogP contribution is 2.16. The molecule has 0 aromatic heterocycles. The highest BCUT2D eigenvalue weighted by atomic mass is 35.5. The topological polar surface area (TPSA) is 26.3 Å². The van der Waals surface area contributed by atoms with Crippen molar-refractivity contribution in [1.29, 1.82) is 0 Å². The highest BCUT2D eigenvalue weighted by molar-refractivity contribution is 6.48. The summed E-state index contributed by atoms with van der Waals surface area (Å²) in [6.07, 6.45) is 0. The van der Waals surface area contributed by atoms with E-state index in [1.165, 1.54) is 0 Å². The number of hydrogen-bond acceptors (Lipinski definition) is 2. The predicted molar refractivity (Wildman–Crippen MR) is 41.5 cm³/mol. The molecule has 1 atom stereocenters. The minimum atomic E-state index is -1.27. The van der Waals surface area contributed by atoms with Crippen LogP contribution in [0.1, 0.15) is 0 Å². The maximum Gasteiger partial charge on any atom is 0.368 e. The van der Waals surface area contributed by atoms with E-state index in [0.29, 0.717) is 0 Å². The van der Waals surface area contributed by atoms with Gasteiger partial charge in [-0.1, -0.05) is 41.4 Å². The molecule has 0 saturated heterocycles. The number of carbonyl (C=O) groups excluding carboxylic acids is 1. The van der Waals surface area contributed by atoms with Gasteiger partial charge >= 0.3 is 5.97 Å². The monoisotopic (exact) mass is 220 g/mol. The molecule has 0 aromatic rings. The van der Waals surface area contributed by atoms with Crippen molar-refractivity contribution in [2.75, 3.05) is 0 Å². The fourth-order valence-electron chi connectivity index (χ4n) is 0.218. The minimum absolute atomic E-state index is 1.10. The first kappa shape index (κ1) is 11.0. The fourth-order valence-corrected chi connectivity index (χ4v) is 0.401. The number of hydrogen-bond donors (Lipinski definition) is 0. The third kappa shape index (κ3) is 4.45. The first-order valence-corrected chi connectivity index (χ1v) is 3.73. The zero-order valence-electron chi connectivity index (χ0n) is 5.19. The fraction of sp³-hybridized carbons (Fsp3) is 0.400. The number of esters is 1. The van der Waals surface area contributed by atoms with E-state index in [1.54, 1.807) is 0 Å². The molecule has 0 aliphatic rings. The summed E-state index contributed by atoms with van der Waals surface area (Å²) in [6.45, 7) is 2.68. The molecule has 0 aliphatic carbocycles. The Bertz CT molecular complexity index is 171. The lowest BCUT2D eigenvalue weighted by atomic mass is 10.6. The van der Waals surface area contributed by atoms with Gasteiger partial charge in [-0.2, -0.15) is 4.39 Å². The summed E-state index contributed by atoms with van der Waals surface area (Å²) < 4.78 is 16.1. The number of rotatable bonds is 3. The summed E-state index contributed by atoms with van der Waals surface area (Å²) in [5, 5.41) is 0. The first-order chi connectivity index (χ1) is 4.95. The van der Waals surface area contributed by atoms with E-state index in [1.807, 2.05) is 0 Å². The predicted octanol–water partition coefficient (Wildman–Crippen LogP) is 2.38. The Hall–Kier alpha value is 0.01000. The summed E-state index contributed by atoms with van der Waals surface area (Å²) in [4.78, 5) is 9.26. The molecule has 0 rings (SSSR count). The van der Waals surface area contributed by atoms with Crippen LogP contribution in [0.2, 0.25) is 0 Å². The lowest BCUT2D eigenvalue weighted by Gasteiger charge is -2.09. The van der Waals surface area contributed by atoms with E-state index in [9.17, 15) is 9.18 Å². The van der Waals surface area contributed by atoms with E-state index in [-0.39, 0.29) is 0 Å². The average molecular weight is 221 g/mol. The van der Waals surface area contributed by atoms with Crippen LogP contribution in [-0.2, 0) is 9.53 Å². The molecule has 0 bridgehead atoms. The second-order valence-corrected chi connectivity index (χ2v) is 3.09. The van der Waals surface area contributed by atoms with Crippen LogP contribution in [0.3, 0.4) is 0 Å². The van der Waals surface area contributed by atoms with Gasteiger partial charge in [-0.25, -0.2) is 4.79 Å². The van der Waals surface area contributed by atoms with Gasteiger partial charge in [0.05, 0.1) is 0 Å². The molecule has 0 fully saturated rings. The van der Waals surface area contributed by atoms with Gasteiger partial charge in [0, 0.05) is 0 Å². The van der Waals surface area contributed by atoms with Crippen molar-refractivity contribution in [3.63, 3.8) is 0 Å². The second-order valence-electron chi connectivity index (χ2n) is 1.50. The molecule has 11 heavy (non-hydrogen) atoms. The van der Waals surface area contributed by atoms with Crippen molar-refractivity contribution in [2.24, 2.45) is 0 Å². The van der Waals surface area contributed by atoms with Gasteiger partial charge in [-0.15, -0.1) is 0 Å². The Labute approximate surface area is 77.9 Å². The van der Waals surface area contributed by atoms with E-state index in [4.69, 9.17) is 34.8 Å². The van der Waals surface area contributed by atoms with Crippen LogP contribution in [-0.4, -0.2) is 16.4 Å². The van der Waals surface area contributed by atoms with Crippen LogP contribution in [0.15, 0.2) is 12.4 Å². The first-order valence-electron chi connectivity index (χ1n) is 2.42. The molecule has 0 heterocycles. The van der Waals surface area contributed by atoms with Crippen molar-refractivity contribution in [1.82, 2.24) is 0 Å². The lowest BCUT2D eigenvalue weighted by Crippen LogP contribution is -2.18. The van der Waals surface area contributed by atoms with E-state index in [2.05, 4.69) is 11.3 Å². The summed E-state index contributed by atoms with van der Waals surface area (Å²) in [7, 11) is 0. The number of carbonyl (C=O) groups is 1. The van der Waals surface area contributed by atoms with Crippen LogP contribution >= 0.6 is 34.8 Å². The van der Waals surface area contributed by atoms with Crippen LogP contribution in [0, 0.1) is 0 Å². The van der Waals surface area contributed by atoms with Crippen LogP contribution in [0.4, 0.5) is 4.39 Å². The number of alkyl halides is 3. The maximum atomic E-state index is 11.9. The number of halogens is 4. The summed E-state index contributed by atoms with van der Waals surface area (Å²) >= 11 is 15.6. The Kier molecular flexibility index (Phi) is 4.81. The SMILES string of the molecule is C=C(F)C(=O)OC(Cl)C(Cl)Cl. The van der Waals surface area contributed by atoms with Crippen molar-refractivity contribution < 1.29 is 13.9 Å². The Morgan fingerprint density at radius 2 is 1.91 bits per heavy atom. The third-order valence-electron chi connectivity index (χ3n) is 0.639. The molecule has 64 valence electrons. The van der Waals surface area contributed by atoms with Gasteiger partial charge in [0.25, 0.3) is 0 Å². The van der Waals surface area contributed by atoms with E-state index >= 15 is 0 Å². The zero-order valence-corrected chi connectivity index (χ0v) is 7.46. The molecule has 0 saturated carbocycles. The van der Waals surface area contributed by atoms with Crippen molar-refractivity contribution in [3.05, 3.63) is 12.4 Å². The molecule has 2 nitrogen and oxygen atoms in total. The summed E-state index contributed by atoms with van der Waals surface area (Å²) in [5.41, 5.74) is -1.27. The standard InChI is InChI=1S/C5H4Cl3FO2/c1-2(9)5(10)11-4(8)3(6)7/h3-4H,1H2. The molecule has 0 spiro atoms. The smallest absolute Gasteiger partial charge is 0.368 e. The number of ether oxygens (including phenoxy) is 1. The quantitative estimate of drug-likeness (QED) is 0.415.